The number of hydrogen-bond acceptors (Lipinski definition) is 3. The summed E-state index contributed by atoms with van der Waals surface area (Å²) >= 11 is 7.89. The van der Waals surface area contributed by atoms with E-state index in [-0.39, 0.29) is 16.9 Å². The van der Waals surface area contributed by atoms with Crippen LogP contribution in [0.2, 0.25) is 4.34 Å². The zero-order chi connectivity index (χ0) is 19.3. The first-order chi connectivity index (χ1) is 13.6. The first-order valence-corrected chi connectivity index (χ1v) is 10.6. The fraction of sp³-hybridized carbons (Fsp3) is 0.174. The monoisotopic (exact) mass is 407 g/mol. The molecule has 0 atom stereocenters. The first-order valence-electron chi connectivity index (χ1n) is 9.38. The quantitative estimate of drug-likeness (QED) is 0.418. The minimum atomic E-state index is -0.314. The molecule has 2 aromatic heterocycles. The molecule has 5 rings (SSSR count). The van der Waals surface area contributed by atoms with Crippen LogP contribution in [0.1, 0.15) is 24.0 Å². The van der Waals surface area contributed by atoms with E-state index in [1.54, 1.807) is 0 Å². The Labute approximate surface area is 171 Å². The smallest absolute Gasteiger partial charge is 0.260 e. The number of pyridine rings is 1. The summed E-state index contributed by atoms with van der Waals surface area (Å²) < 4.78 is 0.571. The largest absolute Gasteiger partial charge is 0.506 e. The van der Waals surface area contributed by atoms with Crippen LogP contribution in [0.5, 0.6) is 5.75 Å². The zero-order valence-corrected chi connectivity index (χ0v) is 16.7. The van der Waals surface area contributed by atoms with E-state index in [1.165, 1.54) is 35.3 Å². The first kappa shape index (κ1) is 17.5. The molecule has 0 bridgehead atoms. The molecule has 0 amide bonds. The number of hydrogen-bond donors (Lipinski definition) is 2. The van der Waals surface area contributed by atoms with Gasteiger partial charge in [-0.1, -0.05) is 60.1 Å². The summed E-state index contributed by atoms with van der Waals surface area (Å²) in [5.74, 6) is -0.0131. The molecule has 2 N–H and O–H groups in total. The van der Waals surface area contributed by atoms with Gasteiger partial charge in [0.2, 0.25) is 0 Å². The summed E-state index contributed by atoms with van der Waals surface area (Å²) in [6, 6.07) is 15.7. The van der Waals surface area contributed by atoms with Crippen molar-refractivity contribution >= 4 is 33.2 Å². The molecule has 3 nitrogen and oxygen atoms in total. The van der Waals surface area contributed by atoms with Gasteiger partial charge in [0, 0.05) is 5.56 Å². The number of benzene rings is 2. The van der Waals surface area contributed by atoms with E-state index in [9.17, 15) is 9.90 Å². The fourth-order valence-corrected chi connectivity index (χ4v) is 5.52. The van der Waals surface area contributed by atoms with Crippen LogP contribution < -0.4 is 5.56 Å². The van der Waals surface area contributed by atoms with Gasteiger partial charge in [0.1, 0.15) is 14.9 Å². The SMILES string of the molecule is O=c1[nH]c2sc(Cl)c(-c3ccc4c(c3)CCCC4)c2c(O)c1-c1ccccc1. The summed E-state index contributed by atoms with van der Waals surface area (Å²) in [5.41, 5.74) is 5.17. The third-order valence-corrected chi connectivity index (χ3v) is 6.81. The Morgan fingerprint density at radius 1 is 0.929 bits per heavy atom. The number of aromatic amines is 1. The maximum absolute atomic E-state index is 12.7. The number of nitrogens with one attached hydrogen (secondary N) is 1. The Morgan fingerprint density at radius 3 is 2.46 bits per heavy atom. The van der Waals surface area contributed by atoms with Crippen molar-refractivity contribution in [3.05, 3.63) is 74.3 Å². The Kier molecular flexibility index (Phi) is 4.26. The van der Waals surface area contributed by atoms with Gasteiger partial charge in [0.25, 0.3) is 5.56 Å². The van der Waals surface area contributed by atoms with E-state index >= 15 is 0 Å². The Balaban J connectivity index is 1.79. The summed E-state index contributed by atoms with van der Waals surface area (Å²) in [6.45, 7) is 0. The fourth-order valence-electron chi connectivity index (χ4n) is 4.13. The zero-order valence-electron chi connectivity index (χ0n) is 15.1. The van der Waals surface area contributed by atoms with Crippen molar-refractivity contribution < 1.29 is 5.11 Å². The second-order valence-corrected chi connectivity index (χ2v) is 8.81. The number of aromatic hydroxyl groups is 1. The summed E-state index contributed by atoms with van der Waals surface area (Å²) in [6.07, 6.45) is 4.62. The van der Waals surface area contributed by atoms with Crippen molar-refractivity contribution in [3.8, 4) is 28.0 Å². The van der Waals surface area contributed by atoms with Crippen LogP contribution in [0.4, 0.5) is 0 Å². The number of fused-ring (bicyclic) bond motifs is 2. The highest BCUT2D eigenvalue weighted by Gasteiger charge is 2.22. The van der Waals surface area contributed by atoms with Gasteiger partial charge in [-0.2, -0.15) is 0 Å². The molecule has 1 aliphatic rings. The minimum Gasteiger partial charge on any atom is -0.506 e. The van der Waals surface area contributed by atoms with Crippen molar-refractivity contribution in [2.45, 2.75) is 25.7 Å². The van der Waals surface area contributed by atoms with Crippen LogP contribution in [0.25, 0.3) is 32.5 Å². The molecule has 5 heteroatoms. The van der Waals surface area contributed by atoms with Gasteiger partial charge < -0.3 is 10.1 Å². The normalized spacial score (nSPS) is 13.6. The van der Waals surface area contributed by atoms with E-state index in [0.29, 0.717) is 20.1 Å². The molecule has 1 aliphatic carbocycles. The highest BCUT2D eigenvalue weighted by Crippen LogP contribution is 2.47. The molecule has 140 valence electrons. The molecule has 0 saturated heterocycles. The van der Waals surface area contributed by atoms with Crippen molar-refractivity contribution in [2.24, 2.45) is 0 Å². The lowest BCUT2D eigenvalue weighted by Crippen LogP contribution is -2.08. The number of aryl methyl sites for hydroxylation is 2. The van der Waals surface area contributed by atoms with Gasteiger partial charge in [-0.05, 0) is 47.9 Å². The lowest BCUT2D eigenvalue weighted by atomic mass is 9.89. The molecule has 0 radical (unpaired) electrons. The molecule has 2 heterocycles. The minimum absolute atomic E-state index is 0.0131. The van der Waals surface area contributed by atoms with Crippen LogP contribution in [-0.2, 0) is 12.8 Å². The third-order valence-electron chi connectivity index (χ3n) is 5.49. The molecule has 28 heavy (non-hydrogen) atoms. The predicted molar refractivity (Wildman–Crippen MR) is 117 cm³/mol. The van der Waals surface area contributed by atoms with E-state index in [0.717, 1.165) is 24.0 Å². The number of H-pyrrole nitrogens is 1. The Bertz CT molecular complexity index is 1260. The van der Waals surface area contributed by atoms with Gasteiger partial charge in [0.15, 0.2) is 0 Å². The average molecular weight is 408 g/mol. The Hall–Kier alpha value is -2.56. The van der Waals surface area contributed by atoms with Crippen molar-refractivity contribution in [2.75, 3.05) is 0 Å². The van der Waals surface area contributed by atoms with E-state index in [4.69, 9.17) is 11.6 Å². The van der Waals surface area contributed by atoms with Crippen molar-refractivity contribution in [1.82, 2.24) is 4.98 Å². The second-order valence-electron chi connectivity index (χ2n) is 7.19. The van der Waals surface area contributed by atoms with Crippen LogP contribution >= 0.6 is 22.9 Å². The second kappa shape index (κ2) is 6.80. The van der Waals surface area contributed by atoms with Crippen LogP contribution in [0.15, 0.2) is 53.3 Å². The van der Waals surface area contributed by atoms with E-state index < -0.39 is 0 Å². The van der Waals surface area contributed by atoms with Gasteiger partial charge in [0.05, 0.1) is 10.9 Å². The highest BCUT2D eigenvalue weighted by atomic mass is 35.5. The van der Waals surface area contributed by atoms with Crippen LogP contribution in [-0.4, -0.2) is 10.1 Å². The van der Waals surface area contributed by atoms with E-state index in [2.05, 4.69) is 23.2 Å². The number of thiophene rings is 1. The van der Waals surface area contributed by atoms with Gasteiger partial charge >= 0.3 is 0 Å². The molecule has 0 aliphatic heterocycles. The van der Waals surface area contributed by atoms with Crippen molar-refractivity contribution in [3.63, 3.8) is 0 Å². The van der Waals surface area contributed by atoms with E-state index in [1.807, 2.05) is 30.3 Å². The summed E-state index contributed by atoms with van der Waals surface area (Å²) in [5, 5.41) is 11.7. The highest BCUT2D eigenvalue weighted by molar-refractivity contribution is 7.23. The van der Waals surface area contributed by atoms with Crippen LogP contribution in [0, 0.1) is 0 Å². The van der Waals surface area contributed by atoms with Crippen molar-refractivity contribution in [1.29, 1.82) is 0 Å². The molecule has 0 spiro atoms. The standard InChI is InChI=1S/C23H18ClNO2S/c24-21-17(16-11-10-13-6-4-5-9-15(13)12-16)19-20(26)18(14-7-2-1-3-8-14)22(27)25-23(19)28-21/h1-3,7-8,10-12H,4-6,9H2,(H2,25,26,27). The lowest BCUT2D eigenvalue weighted by Gasteiger charge is -2.17. The number of halogens is 1. The molecular formula is C23H18ClNO2S. The predicted octanol–water partition coefficient (Wildman–Crippen LogP) is 6.16. The number of aromatic nitrogens is 1. The summed E-state index contributed by atoms with van der Waals surface area (Å²) in [7, 11) is 0. The molecule has 0 unspecified atom stereocenters. The molecule has 0 fully saturated rings. The van der Waals surface area contributed by atoms with Gasteiger partial charge in [-0.15, -0.1) is 11.3 Å². The average Bonchev–Trinajstić information content (AvgIpc) is 3.04. The maximum Gasteiger partial charge on any atom is 0.260 e. The molecular weight excluding hydrogens is 390 g/mol. The molecule has 4 aromatic rings. The maximum atomic E-state index is 12.7. The Morgan fingerprint density at radius 2 is 1.68 bits per heavy atom. The third kappa shape index (κ3) is 2.76. The summed E-state index contributed by atoms with van der Waals surface area (Å²) in [4.78, 5) is 16.2. The molecule has 0 saturated carbocycles. The van der Waals surface area contributed by atoms with Gasteiger partial charge in [-0.3, -0.25) is 4.79 Å². The number of rotatable bonds is 2. The topological polar surface area (TPSA) is 53.1 Å². The van der Waals surface area contributed by atoms with Crippen LogP contribution in [0.3, 0.4) is 0 Å². The van der Waals surface area contributed by atoms with Gasteiger partial charge in [-0.25, -0.2) is 0 Å². The lowest BCUT2D eigenvalue weighted by molar-refractivity contribution is 0.483. The molecule has 2 aromatic carbocycles.